The van der Waals surface area contributed by atoms with Crippen LogP contribution in [-0.2, 0) is 16.4 Å². The lowest BCUT2D eigenvalue weighted by atomic mass is 10.2. The van der Waals surface area contributed by atoms with Gasteiger partial charge in [0.25, 0.3) is 0 Å². The van der Waals surface area contributed by atoms with E-state index in [-0.39, 0.29) is 29.8 Å². The molecule has 0 amide bonds. The van der Waals surface area contributed by atoms with Gasteiger partial charge in [-0.05, 0) is 26.0 Å². The van der Waals surface area contributed by atoms with Gasteiger partial charge in [0.05, 0.1) is 37.6 Å². The highest BCUT2D eigenvalue weighted by Gasteiger charge is 2.29. The molecule has 0 spiro atoms. The van der Waals surface area contributed by atoms with E-state index in [1.54, 1.807) is 31.2 Å². The molecule has 184 valence electrons. The lowest BCUT2D eigenvalue weighted by Gasteiger charge is -2.18. The van der Waals surface area contributed by atoms with Crippen LogP contribution in [0.2, 0.25) is 0 Å². The van der Waals surface area contributed by atoms with Gasteiger partial charge < -0.3 is 14.0 Å². The number of rotatable bonds is 9. The lowest BCUT2D eigenvalue weighted by Crippen LogP contribution is -2.29. The maximum atomic E-state index is 13.2. The summed E-state index contributed by atoms with van der Waals surface area (Å²) in [5, 5.41) is 11.1. The molecule has 0 bridgehead atoms. The molecule has 35 heavy (non-hydrogen) atoms. The summed E-state index contributed by atoms with van der Waals surface area (Å²) < 4.78 is 59.8. The van der Waals surface area contributed by atoms with E-state index in [1.807, 2.05) is 0 Å². The predicted molar refractivity (Wildman–Crippen MR) is 122 cm³/mol. The van der Waals surface area contributed by atoms with Gasteiger partial charge in [-0.15, -0.1) is 10.2 Å². The standard InChI is InChI=1S/C21H22FN7O5S/c1-12-8-17(34-27-12)20-25-26-21(29(20)19-15(32-3)6-5-7-16(19)33-4)28-35(30,31)13(2)9-18-23-10-14(22)11-24-18/h5-8,10-11,13H,9H2,1-4H3,(H,26,28)/t13-/m0/s1. The predicted octanol–water partition coefficient (Wildman–Crippen LogP) is 2.55. The van der Waals surface area contributed by atoms with Crippen LogP contribution in [0.4, 0.5) is 10.3 Å². The first-order valence-corrected chi connectivity index (χ1v) is 11.9. The average molecular weight is 504 g/mol. The number of ether oxygens (including phenoxy) is 2. The molecule has 4 rings (SSSR count). The van der Waals surface area contributed by atoms with Gasteiger partial charge >= 0.3 is 0 Å². The molecule has 0 radical (unpaired) electrons. The number of hydrogen-bond donors (Lipinski definition) is 1. The van der Waals surface area contributed by atoms with E-state index in [0.29, 0.717) is 22.9 Å². The van der Waals surface area contributed by atoms with Crippen molar-refractivity contribution in [2.75, 3.05) is 18.9 Å². The molecule has 0 saturated heterocycles. The Bertz CT molecular complexity index is 1410. The van der Waals surface area contributed by atoms with Gasteiger partial charge in [0.1, 0.15) is 23.0 Å². The van der Waals surface area contributed by atoms with Crippen LogP contribution in [0.25, 0.3) is 17.3 Å². The van der Waals surface area contributed by atoms with Gasteiger partial charge in [0, 0.05) is 12.5 Å². The van der Waals surface area contributed by atoms with Gasteiger partial charge in [0.2, 0.25) is 27.6 Å². The molecule has 1 aromatic carbocycles. The number of halogens is 1. The van der Waals surface area contributed by atoms with E-state index >= 15 is 0 Å². The molecule has 0 saturated carbocycles. The number of aromatic nitrogens is 6. The van der Waals surface area contributed by atoms with Gasteiger partial charge in [0.15, 0.2) is 5.82 Å². The van der Waals surface area contributed by atoms with Crippen LogP contribution in [-0.4, -0.2) is 57.8 Å². The molecule has 0 aliphatic rings. The molecule has 0 aliphatic carbocycles. The van der Waals surface area contributed by atoms with Crippen molar-refractivity contribution in [2.45, 2.75) is 25.5 Å². The second-order valence-corrected chi connectivity index (χ2v) is 9.60. The number of anilines is 1. The molecule has 0 fully saturated rings. The second kappa shape index (κ2) is 9.66. The first-order valence-electron chi connectivity index (χ1n) is 10.3. The van der Waals surface area contributed by atoms with Crippen LogP contribution >= 0.6 is 0 Å². The Morgan fingerprint density at radius 3 is 2.37 bits per heavy atom. The van der Waals surface area contributed by atoms with Crippen molar-refractivity contribution in [1.29, 1.82) is 0 Å². The molecule has 0 aliphatic heterocycles. The third-order valence-corrected chi connectivity index (χ3v) is 6.74. The topological polar surface area (TPSA) is 147 Å². The normalized spacial score (nSPS) is 12.4. The number of nitrogens with zero attached hydrogens (tertiary/aromatic N) is 6. The first kappa shape index (κ1) is 24.1. The largest absolute Gasteiger partial charge is 0.494 e. The number of methoxy groups -OCH3 is 2. The molecule has 1 atom stereocenters. The van der Waals surface area contributed by atoms with Crippen molar-refractivity contribution in [2.24, 2.45) is 0 Å². The molecule has 3 heterocycles. The van der Waals surface area contributed by atoms with Crippen LogP contribution in [0.5, 0.6) is 11.5 Å². The summed E-state index contributed by atoms with van der Waals surface area (Å²) in [4.78, 5) is 7.66. The zero-order chi connectivity index (χ0) is 25.2. The number of aryl methyl sites for hydroxylation is 1. The minimum absolute atomic E-state index is 0.0596. The van der Waals surface area contributed by atoms with E-state index in [0.717, 1.165) is 12.4 Å². The summed E-state index contributed by atoms with van der Waals surface area (Å²) in [6, 6.07) is 6.72. The highest BCUT2D eigenvalue weighted by molar-refractivity contribution is 7.93. The minimum atomic E-state index is -4.03. The zero-order valence-corrected chi connectivity index (χ0v) is 20.1. The van der Waals surface area contributed by atoms with Crippen molar-refractivity contribution in [3.63, 3.8) is 0 Å². The Hall–Kier alpha value is -4.07. The summed E-state index contributed by atoms with van der Waals surface area (Å²) in [6.07, 6.45) is 1.90. The number of hydrogen-bond acceptors (Lipinski definition) is 10. The Kier molecular flexibility index (Phi) is 6.64. The monoisotopic (exact) mass is 503 g/mol. The fraction of sp³-hybridized carbons (Fsp3) is 0.286. The Morgan fingerprint density at radius 1 is 1.14 bits per heavy atom. The van der Waals surface area contributed by atoms with E-state index in [2.05, 4.69) is 30.0 Å². The molecule has 4 aromatic rings. The van der Waals surface area contributed by atoms with Gasteiger partial charge in [-0.2, -0.15) is 0 Å². The van der Waals surface area contributed by atoms with E-state index < -0.39 is 21.1 Å². The van der Waals surface area contributed by atoms with Crippen molar-refractivity contribution in [1.82, 2.24) is 29.9 Å². The van der Waals surface area contributed by atoms with Gasteiger partial charge in [-0.25, -0.2) is 22.8 Å². The Balaban J connectivity index is 1.79. The van der Waals surface area contributed by atoms with Crippen molar-refractivity contribution in [3.8, 4) is 28.8 Å². The first-order chi connectivity index (χ1) is 16.7. The minimum Gasteiger partial charge on any atom is -0.494 e. The van der Waals surface area contributed by atoms with Crippen LogP contribution in [0.1, 0.15) is 18.4 Å². The fourth-order valence-electron chi connectivity index (χ4n) is 3.28. The SMILES string of the molecule is COc1cccc(OC)c1-n1c(NS(=O)(=O)[C@@H](C)Cc2ncc(F)cn2)nnc1-c1cc(C)no1. The Labute approximate surface area is 200 Å². The smallest absolute Gasteiger partial charge is 0.243 e. The Morgan fingerprint density at radius 2 is 1.80 bits per heavy atom. The van der Waals surface area contributed by atoms with Crippen LogP contribution in [0.3, 0.4) is 0 Å². The van der Waals surface area contributed by atoms with Gasteiger partial charge in [-0.3, -0.25) is 9.29 Å². The highest BCUT2D eigenvalue weighted by Crippen LogP contribution is 2.37. The van der Waals surface area contributed by atoms with Gasteiger partial charge in [-0.1, -0.05) is 11.2 Å². The third-order valence-electron chi connectivity index (χ3n) is 5.04. The van der Waals surface area contributed by atoms with Crippen LogP contribution in [0.15, 0.2) is 41.2 Å². The summed E-state index contributed by atoms with van der Waals surface area (Å²) in [6.45, 7) is 3.21. The van der Waals surface area contributed by atoms with Crippen LogP contribution < -0.4 is 14.2 Å². The number of nitrogens with one attached hydrogen (secondary N) is 1. The quantitative estimate of drug-likeness (QED) is 0.361. The fourth-order valence-corrected chi connectivity index (χ4v) is 4.24. The molecular formula is C21H22FN7O5S. The molecular weight excluding hydrogens is 481 g/mol. The number of benzene rings is 1. The molecule has 1 N–H and O–H groups in total. The molecule has 14 heteroatoms. The average Bonchev–Trinajstić information content (AvgIpc) is 3.45. The van der Waals surface area contributed by atoms with Crippen molar-refractivity contribution < 1.29 is 26.8 Å². The molecule has 3 aromatic heterocycles. The summed E-state index contributed by atoms with van der Waals surface area (Å²) >= 11 is 0. The maximum absolute atomic E-state index is 13.2. The molecule has 12 nitrogen and oxygen atoms in total. The summed E-state index contributed by atoms with van der Waals surface area (Å²) in [5.74, 6) is 0.585. The number of para-hydroxylation sites is 1. The maximum Gasteiger partial charge on any atom is 0.243 e. The molecule has 0 unspecified atom stereocenters. The van der Waals surface area contributed by atoms with E-state index in [9.17, 15) is 12.8 Å². The zero-order valence-electron chi connectivity index (χ0n) is 19.3. The van der Waals surface area contributed by atoms with E-state index in [1.165, 1.54) is 25.7 Å². The highest BCUT2D eigenvalue weighted by atomic mass is 32.2. The second-order valence-electron chi connectivity index (χ2n) is 7.51. The van der Waals surface area contributed by atoms with Crippen LogP contribution in [0, 0.1) is 12.7 Å². The van der Waals surface area contributed by atoms with Crippen molar-refractivity contribution >= 4 is 16.0 Å². The third kappa shape index (κ3) is 4.91. The number of sulfonamides is 1. The summed E-state index contributed by atoms with van der Waals surface area (Å²) in [5.41, 5.74) is 0.940. The van der Waals surface area contributed by atoms with E-state index in [4.69, 9.17) is 14.0 Å². The van der Waals surface area contributed by atoms with Crippen molar-refractivity contribution in [3.05, 3.63) is 54.0 Å². The summed E-state index contributed by atoms with van der Waals surface area (Å²) in [7, 11) is -1.09. The lowest BCUT2D eigenvalue weighted by molar-refractivity contribution is 0.390.